The van der Waals surface area contributed by atoms with E-state index < -0.39 is 0 Å². The van der Waals surface area contributed by atoms with Gasteiger partial charge in [0, 0.05) is 36.7 Å². The molecule has 1 aliphatic heterocycles. The van der Waals surface area contributed by atoms with Crippen LogP contribution in [0.25, 0.3) is 4.96 Å². The van der Waals surface area contributed by atoms with Crippen LogP contribution in [0.4, 0.5) is 5.69 Å². The molecule has 8 heteroatoms. The average Bonchev–Trinajstić information content (AvgIpc) is 3.45. The van der Waals surface area contributed by atoms with Crippen LogP contribution in [0.1, 0.15) is 15.8 Å². The maximum absolute atomic E-state index is 10.7. The molecule has 1 N–H and O–H groups in total. The van der Waals surface area contributed by atoms with Crippen molar-refractivity contribution >= 4 is 33.3 Å². The standard InChI is InChI=1S/C19H19N5OS2/c25-18-17(27-19-20-13-21-24(18)19)16(15-7-4-12-26-15)23-10-8-22(9-11-23)14-5-2-1-3-6-14/h1-7,12-13,16,25H,8-11H2/t16-/m1/s1. The molecular weight excluding hydrogens is 378 g/mol. The molecule has 0 bridgehead atoms. The maximum Gasteiger partial charge on any atom is 0.230 e. The minimum atomic E-state index is 0.0384. The highest BCUT2D eigenvalue weighted by Crippen LogP contribution is 2.41. The Bertz CT molecular complexity index is 1020. The molecule has 3 aromatic heterocycles. The van der Waals surface area contributed by atoms with E-state index in [1.54, 1.807) is 11.3 Å². The van der Waals surface area contributed by atoms with Gasteiger partial charge in [0.15, 0.2) is 0 Å². The number of anilines is 1. The Labute approximate surface area is 164 Å². The van der Waals surface area contributed by atoms with E-state index in [4.69, 9.17) is 0 Å². The fraction of sp³-hybridized carbons (Fsp3) is 0.263. The zero-order valence-electron chi connectivity index (χ0n) is 14.6. The molecule has 5 rings (SSSR count). The van der Waals surface area contributed by atoms with E-state index in [1.165, 1.54) is 32.7 Å². The highest BCUT2D eigenvalue weighted by Gasteiger charge is 2.32. The summed E-state index contributed by atoms with van der Waals surface area (Å²) in [4.78, 5) is 12.0. The zero-order chi connectivity index (χ0) is 18.2. The zero-order valence-corrected chi connectivity index (χ0v) is 16.2. The van der Waals surface area contributed by atoms with Gasteiger partial charge in [0.25, 0.3) is 0 Å². The van der Waals surface area contributed by atoms with Crippen molar-refractivity contribution in [2.24, 2.45) is 0 Å². The molecule has 0 amide bonds. The number of piperazine rings is 1. The average molecular weight is 398 g/mol. The van der Waals surface area contributed by atoms with Gasteiger partial charge in [0.2, 0.25) is 10.8 Å². The molecule has 6 nitrogen and oxygen atoms in total. The lowest BCUT2D eigenvalue weighted by molar-refractivity contribution is 0.213. The molecule has 0 aliphatic carbocycles. The number of thiazole rings is 1. The van der Waals surface area contributed by atoms with E-state index >= 15 is 0 Å². The fourth-order valence-corrected chi connectivity index (χ4v) is 5.70. The van der Waals surface area contributed by atoms with Gasteiger partial charge in [-0.3, -0.25) is 4.90 Å². The number of nitrogens with zero attached hydrogens (tertiary/aromatic N) is 5. The van der Waals surface area contributed by atoms with Crippen LogP contribution in [-0.4, -0.2) is 50.8 Å². The van der Waals surface area contributed by atoms with Gasteiger partial charge in [-0.15, -0.1) is 11.3 Å². The molecule has 0 spiro atoms. The molecule has 1 fully saturated rings. The number of aromatic hydroxyl groups is 1. The summed E-state index contributed by atoms with van der Waals surface area (Å²) >= 11 is 3.25. The van der Waals surface area contributed by atoms with Crippen molar-refractivity contribution < 1.29 is 5.11 Å². The smallest absolute Gasteiger partial charge is 0.230 e. The van der Waals surface area contributed by atoms with Crippen LogP contribution in [0.15, 0.2) is 54.2 Å². The third-order valence-electron chi connectivity index (χ3n) is 5.00. The number of benzene rings is 1. The summed E-state index contributed by atoms with van der Waals surface area (Å²) in [5.74, 6) is 0.205. The first-order valence-corrected chi connectivity index (χ1v) is 10.6. The molecule has 1 atom stereocenters. The SMILES string of the molecule is Oc1c([C@@H](c2cccs2)N2CCN(c3ccccc3)CC2)sc2ncnn12. The summed E-state index contributed by atoms with van der Waals surface area (Å²) < 4.78 is 1.53. The van der Waals surface area contributed by atoms with Gasteiger partial charge in [-0.1, -0.05) is 35.6 Å². The van der Waals surface area contributed by atoms with Gasteiger partial charge in [-0.2, -0.15) is 9.61 Å². The summed E-state index contributed by atoms with van der Waals surface area (Å²) in [5.41, 5.74) is 1.27. The number of hydrogen-bond acceptors (Lipinski definition) is 7. The summed E-state index contributed by atoms with van der Waals surface area (Å²) in [6.45, 7) is 3.80. The normalized spacial score (nSPS) is 16.8. The number of thiophene rings is 1. The van der Waals surface area contributed by atoms with Crippen LogP contribution in [0.3, 0.4) is 0 Å². The number of aromatic nitrogens is 3. The van der Waals surface area contributed by atoms with Crippen molar-refractivity contribution in [3.63, 3.8) is 0 Å². The first kappa shape index (κ1) is 16.7. The second kappa shape index (κ2) is 6.95. The second-order valence-electron chi connectivity index (χ2n) is 6.52. The molecule has 4 heterocycles. The molecule has 138 valence electrons. The van der Waals surface area contributed by atoms with Crippen molar-refractivity contribution in [3.05, 3.63) is 63.9 Å². The predicted octanol–water partition coefficient (Wildman–Crippen LogP) is 3.47. The molecule has 0 saturated carbocycles. The molecule has 0 radical (unpaired) electrons. The quantitative estimate of drug-likeness (QED) is 0.571. The van der Waals surface area contributed by atoms with Gasteiger partial charge < -0.3 is 10.0 Å². The van der Waals surface area contributed by atoms with Gasteiger partial charge in [-0.25, -0.2) is 4.98 Å². The Hall–Kier alpha value is -2.42. The van der Waals surface area contributed by atoms with Crippen molar-refractivity contribution in [2.45, 2.75) is 6.04 Å². The molecule has 1 aliphatic rings. The van der Waals surface area contributed by atoms with E-state index in [-0.39, 0.29) is 11.9 Å². The summed E-state index contributed by atoms with van der Waals surface area (Å²) in [6, 6.07) is 14.8. The minimum Gasteiger partial charge on any atom is -0.492 e. The van der Waals surface area contributed by atoms with Crippen LogP contribution >= 0.6 is 22.7 Å². The molecule has 1 aromatic carbocycles. The Kier molecular flexibility index (Phi) is 4.31. The lowest BCUT2D eigenvalue weighted by atomic mass is 10.1. The maximum atomic E-state index is 10.7. The lowest BCUT2D eigenvalue weighted by Crippen LogP contribution is -2.47. The highest BCUT2D eigenvalue weighted by atomic mass is 32.1. The predicted molar refractivity (Wildman–Crippen MR) is 109 cm³/mol. The van der Waals surface area contributed by atoms with Crippen LogP contribution in [0.2, 0.25) is 0 Å². The van der Waals surface area contributed by atoms with Gasteiger partial charge in [-0.05, 0) is 23.6 Å². The van der Waals surface area contributed by atoms with Gasteiger partial charge in [0.1, 0.15) is 6.33 Å². The molecular formula is C19H19N5OS2. The lowest BCUT2D eigenvalue weighted by Gasteiger charge is -2.39. The second-order valence-corrected chi connectivity index (χ2v) is 8.51. The van der Waals surface area contributed by atoms with Crippen LogP contribution in [-0.2, 0) is 0 Å². The van der Waals surface area contributed by atoms with Crippen molar-refractivity contribution in [3.8, 4) is 5.88 Å². The van der Waals surface area contributed by atoms with Gasteiger partial charge >= 0.3 is 0 Å². The third-order valence-corrected chi connectivity index (χ3v) is 7.01. The van der Waals surface area contributed by atoms with E-state index in [0.717, 1.165) is 36.0 Å². The van der Waals surface area contributed by atoms with E-state index in [9.17, 15) is 5.11 Å². The van der Waals surface area contributed by atoms with Crippen molar-refractivity contribution in [1.82, 2.24) is 19.5 Å². The number of fused-ring (bicyclic) bond motifs is 1. The highest BCUT2D eigenvalue weighted by molar-refractivity contribution is 7.17. The summed E-state index contributed by atoms with van der Waals surface area (Å²) in [7, 11) is 0. The Morgan fingerprint density at radius 1 is 1.00 bits per heavy atom. The van der Waals surface area contributed by atoms with Crippen molar-refractivity contribution in [2.75, 3.05) is 31.1 Å². The Balaban J connectivity index is 1.44. The van der Waals surface area contributed by atoms with Crippen LogP contribution in [0, 0.1) is 0 Å². The number of hydrogen-bond donors (Lipinski definition) is 1. The largest absolute Gasteiger partial charge is 0.492 e. The van der Waals surface area contributed by atoms with Crippen LogP contribution < -0.4 is 4.90 Å². The first-order valence-electron chi connectivity index (χ1n) is 8.90. The molecule has 0 unspecified atom stereocenters. The number of para-hydroxylation sites is 1. The van der Waals surface area contributed by atoms with E-state index in [1.807, 2.05) is 0 Å². The fourth-order valence-electron chi connectivity index (χ4n) is 3.67. The topological polar surface area (TPSA) is 56.9 Å². The first-order chi connectivity index (χ1) is 13.3. The number of rotatable bonds is 4. The van der Waals surface area contributed by atoms with Crippen LogP contribution in [0.5, 0.6) is 5.88 Å². The monoisotopic (exact) mass is 397 g/mol. The minimum absolute atomic E-state index is 0.0384. The molecule has 1 saturated heterocycles. The van der Waals surface area contributed by atoms with Crippen molar-refractivity contribution in [1.29, 1.82) is 0 Å². The van der Waals surface area contributed by atoms with E-state index in [2.05, 4.69) is 67.7 Å². The molecule has 27 heavy (non-hydrogen) atoms. The van der Waals surface area contributed by atoms with E-state index in [0.29, 0.717) is 0 Å². The Morgan fingerprint density at radius 3 is 2.52 bits per heavy atom. The third kappa shape index (κ3) is 2.99. The Morgan fingerprint density at radius 2 is 1.81 bits per heavy atom. The molecule has 4 aromatic rings. The summed E-state index contributed by atoms with van der Waals surface area (Å²) in [5, 5.41) is 17.0. The summed E-state index contributed by atoms with van der Waals surface area (Å²) in [6.07, 6.45) is 1.48. The van der Waals surface area contributed by atoms with Gasteiger partial charge in [0.05, 0.1) is 10.9 Å².